The second-order valence-corrected chi connectivity index (χ2v) is 15.9. The van der Waals surface area contributed by atoms with Gasteiger partial charge in [0, 0.05) is 0 Å². The molecule has 4 saturated carbocycles. The molecule has 4 aliphatic carbocycles. The van der Waals surface area contributed by atoms with Gasteiger partial charge < -0.3 is 0 Å². The zero-order valence-corrected chi connectivity index (χ0v) is 28.0. The Kier molecular flexibility index (Phi) is 14.6. The van der Waals surface area contributed by atoms with Crippen LogP contribution in [0.1, 0.15) is 154 Å². The van der Waals surface area contributed by atoms with E-state index in [1.807, 2.05) is 0 Å². The molecule has 220 valence electrons. The lowest BCUT2D eigenvalue weighted by Gasteiger charge is -2.63. The normalized spacial score (nSPS) is 41.0. The molecule has 0 aromatic carbocycles. The van der Waals surface area contributed by atoms with Gasteiger partial charge in [-0.05, 0) is 115 Å². The molecule has 0 aromatic heterocycles. The summed E-state index contributed by atoms with van der Waals surface area (Å²) in [5.41, 5.74) is 1.34. The minimum absolute atomic E-state index is 0.660. The molecule has 0 heterocycles. The van der Waals surface area contributed by atoms with Crippen LogP contribution in [-0.2, 0) is 0 Å². The number of hydrogen-bond acceptors (Lipinski definition) is 0. The van der Waals surface area contributed by atoms with E-state index in [0.29, 0.717) is 10.8 Å². The topological polar surface area (TPSA) is 0 Å². The molecule has 0 saturated heterocycles. The van der Waals surface area contributed by atoms with Crippen LogP contribution in [0.3, 0.4) is 0 Å². The molecular formula is C37H72. The average molecular weight is 517 g/mol. The summed E-state index contributed by atoms with van der Waals surface area (Å²) in [6.07, 6.45) is 16.6. The fraction of sp³-hybridized carbons (Fsp3) is 0.946. The fourth-order valence-corrected chi connectivity index (χ4v) is 9.55. The van der Waals surface area contributed by atoms with Crippen LogP contribution in [0.15, 0.2) is 13.2 Å². The van der Waals surface area contributed by atoms with Crippen molar-refractivity contribution in [1.82, 2.24) is 0 Å². The largest absolute Gasteiger partial charge is 0.106 e. The van der Waals surface area contributed by atoms with Crippen LogP contribution in [0.5, 0.6) is 0 Å². The van der Waals surface area contributed by atoms with E-state index < -0.39 is 0 Å². The molecule has 10 atom stereocenters. The molecule has 0 bridgehead atoms. The van der Waals surface area contributed by atoms with Crippen molar-refractivity contribution in [2.45, 2.75) is 154 Å². The van der Waals surface area contributed by atoms with Gasteiger partial charge in [0.25, 0.3) is 0 Å². The predicted octanol–water partition coefficient (Wildman–Crippen LogP) is 12.5. The maximum atomic E-state index is 3.00. The quantitative estimate of drug-likeness (QED) is 0.326. The molecule has 0 radical (unpaired) electrons. The minimum atomic E-state index is 0.660. The third-order valence-electron chi connectivity index (χ3n) is 11.1. The molecule has 37 heavy (non-hydrogen) atoms. The Morgan fingerprint density at radius 3 is 1.78 bits per heavy atom. The monoisotopic (exact) mass is 517 g/mol. The first-order valence-corrected chi connectivity index (χ1v) is 16.8. The van der Waals surface area contributed by atoms with Crippen molar-refractivity contribution >= 4 is 0 Å². The second kappa shape index (κ2) is 15.5. The Labute approximate surface area is 236 Å². The lowest BCUT2D eigenvalue weighted by Crippen LogP contribution is -2.56. The minimum Gasteiger partial charge on any atom is -0.106 e. The van der Waals surface area contributed by atoms with Crippen LogP contribution in [0.2, 0.25) is 0 Å². The SMILES string of the molecule is C=C.CC(C)C.CC(C)C.CCCCC(C)C1CCC2C3C(C)CC4CC(C)CCC4(C)C3CCC12C. The van der Waals surface area contributed by atoms with E-state index in [9.17, 15) is 0 Å². The van der Waals surface area contributed by atoms with Gasteiger partial charge in [0.2, 0.25) is 0 Å². The molecule has 0 aliphatic heterocycles. The molecule has 0 nitrogen and oxygen atoms in total. The highest BCUT2D eigenvalue weighted by Gasteiger charge is 2.61. The maximum absolute atomic E-state index is 3.00. The van der Waals surface area contributed by atoms with E-state index in [1.54, 1.807) is 32.1 Å². The summed E-state index contributed by atoms with van der Waals surface area (Å²) < 4.78 is 0. The summed E-state index contributed by atoms with van der Waals surface area (Å²) in [6.45, 7) is 34.6. The predicted molar refractivity (Wildman–Crippen MR) is 170 cm³/mol. The first-order valence-electron chi connectivity index (χ1n) is 16.8. The Morgan fingerprint density at radius 1 is 0.730 bits per heavy atom. The zero-order valence-electron chi connectivity index (χ0n) is 28.0. The number of hydrogen-bond donors (Lipinski definition) is 0. The fourth-order valence-electron chi connectivity index (χ4n) is 9.55. The van der Waals surface area contributed by atoms with Crippen molar-refractivity contribution in [2.24, 2.45) is 70.0 Å². The molecule has 0 amide bonds. The van der Waals surface area contributed by atoms with E-state index in [2.05, 4.69) is 96.2 Å². The van der Waals surface area contributed by atoms with E-state index in [-0.39, 0.29) is 0 Å². The van der Waals surface area contributed by atoms with Crippen molar-refractivity contribution < 1.29 is 0 Å². The summed E-state index contributed by atoms with van der Waals surface area (Å²) in [7, 11) is 0. The smallest absolute Gasteiger partial charge is 0.0264 e. The van der Waals surface area contributed by atoms with Crippen LogP contribution in [-0.4, -0.2) is 0 Å². The van der Waals surface area contributed by atoms with E-state index in [4.69, 9.17) is 0 Å². The molecule has 0 spiro atoms. The highest BCUT2D eigenvalue weighted by atomic mass is 14.7. The Balaban J connectivity index is 0.000000594. The van der Waals surface area contributed by atoms with Gasteiger partial charge in [-0.25, -0.2) is 0 Å². The number of rotatable bonds is 4. The molecule has 4 aliphatic rings. The molecule has 4 rings (SSSR count). The standard InChI is InChI=1S/C27H48.2C4H10.C2H4/c1-7-8-9-19(3)22-10-11-23-25-20(4)17-21-16-18(2)12-14-26(21,5)24(25)13-15-27(22,23)6;2*1-4(2)3;1-2/h18-25H,7-17H2,1-6H3;2*4H,1-3H3;1-2H2. The van der Waals surface area contributed by atoms with Crippen LogP contribution in [0.25, 0.3) is 0 Å². The summed E-state index contributed by atoms with van der Waals surface area (Å²) >= 11 is 0. The van der Waals surface area contributed by atoms with Crippen molar-refractivity contribution in [3.05, 3.63) is 13.2 Å². The first-order chi connectivity index (χ1) is 17.3. The van der Waals surface area contributed by atoms with Gasteiger partial charge in [-0.1, -0.05) is 109 Å². The van der Waals surface area contributed by atoms with Gasteiger partial charge in [0.1, 0.15) is 0 Å². The Bertz CT molecular complexity index is 606. The molecule has 0 aromatic rings. The summed E-state index contributed by atoms with van der Waals surface area (Å²) in [5.74, 6) is 9.75. The maximum Gasteiger partial charge on any atom is -0.0264 e. The van der Waals surface area contributed by atoms with E-state index in [1.165, 1.54) is 38.5 Å². The summed E-state index contributed by atoms with van der Waals surface area (Å²) in [5, 5.41) is 0. The summed E-state index contributed by atoms with van der Waals surface area (Å²) in [6, 6.07) is 0. The van der Waals surface area contributed by atoms with Gasteiger partial charge in [0.15, 0.2) is 0 Å². The third-order valence-corrected chi connectivity index (χ3v) is 11.1. The lowest BCUT2D eigenvalue weighted by molar-refractivity contribution is -0.142. The molecular weight excluding hydrogens is 444 g/mol. The average Bonchev–Trinajstić information content (AvgIpc) is 3.16. The van der Waals surface area contributed by atoms with Crippen LogP contribution in [0.4, 0.5) is 0 Å². The van der Waals surface area contributed by atoms with Gasteiger partial charge >= 0.3 is 0 Å². The Morgan fingerprint density at radius 2 is 1.24 bits per heavy atom. The van der Waals surface area contributed by atoms with E-state index >= 15 is 0 Å². The third kappa shape index (κ3) is 8.61. The molecule has 10 unspecified atom stereocenters. The van der Waals surface area contributed by atoms with Crippen LogP contribution >= 0.6 is 0 Å². The van der Waals surface area contributed by atoms with Gasteiger partial charge in [-0.15, -0.1) is 13.2 Å². The number of unbranched alkanes of at least 4 members (excludes halogenated alkanes) is 1. The van der Waals surface area contributed by atoms with Crippen molar-refractivity contribution in [1.29, 1.82) is 0 Å². The molecule has 0 N–H and O–H groups in total. The van der Waals surface area contributed by atoms with Crippen molar-refractivity contribution in [3.8, 4) is 0 Å². The van der Waals surface area contributed by atoms with Crippen LogP contribution in [0, 0.1) is 70.0 Å². The van der Waals surface area contributed by atoms with Gasteiger partial charge in [-0.2, -0.15) is 0 Å². The highest BCUT2D eigenvalue weighted by Crippen LogP contribution is 2.69. The summed E-state index contributed by atoms with van der Waals surface area (Å²) in [4.78, 5) is 0. The van der Waals surface area contributed by atoms with Crippen molar-refractivity contribution in [2.75, 3.05) is 0 Å². The number of fused-ring (bicyclic) bond motifs is 5. The van der Waals surface area contributed by atoms with Gasteiger partial charge in [-0.3, -0.25) is 0 Å². The highest BCUT2D eigenvalue weighted by molar-refractivity contribution is 5.10. The van der Waals surface area contributed by atoms with E-state index in [0.717, 1.165) is 59.2 Å². The molecule has 4 fully saturated rings. The molecule has 0 heteroatoms. The van der Waals surface area contributed by atoms with Gasteiger partial charge in [0.05, 0.1) is 0 Å². The zero-order chi connectivity index (χ0) is 28.6. The van der Waals surface area contributed by atoms with Crippen LogP contribution < -0.4 is 0 Å². The second-order valence-electron chi connectivity index (χ2n) is 15.9. The first kappa shape index (κ1) is 34.8. The lowest BCUT2D eigenvalue weighted by atomic mass is 9.42. The Hall–Kier alpha value is -0.260. The van der Waals surface area contributed by atoms with Crippen molar-refractivity contribution in [3.63, 3.8) is 0 Å².